The van der Waals surface area contributed by atoms with E-state index in [0.717, 1.165) is 19.3 Å². The smallest absolute Gasteiger partial charge is 0.324 e. The number of carbonyl (C=O) groups excluding carboxylic acids is 2. The largest absolute Gasteiger partial charge is 0.454 e. The topological polar surface area (TPSA) is 102 Å². The van der Waals surface area contributed by atoms with Gasteiger partial charge in [-0.2, -0.15) is 16.5 Å². The molecule has 1 aromatic rings. The predicted octanol–water partition coefficient (Wildman–Crippen LogP) is 3.37. The van der Waals surface area contributed by atoms with E-state index in [-0.39, 0.29) is 22.8 Å². The summed E-state index contributed by atoms with van der Waals surface area (Å²) >= 11 is 7.33. The first kappa shape index (κ1) is 24.8. The Morgan fingerprint density at radius 1 is 1.12 bits per heavy atom. The van der Waals surface area contributed by atoms with Crippen LogP contribution in [0.5, 0.6) is 0 Å². The van der Waals surface area contributed by atoms with Crippen molar-refractivity contribution in [2.75, 3.05) is 18.6 Å². The third kappa shape index (κ3) is 6.05. The zero-order valence-electron chi connectivity index (χ0n) is 18.7. The monoisotopic (exact) mass is 514 g/mol. The molecule has 5 rings (SSSR count). The van der Waals surface area contributed by atoms with E-state index in [9.17, 15) is 18.0 Å². The van der Waals surface area contributed by atoms with Crippen LogP contribution in [0, 0.1) is 17.8 Å². The van der Waals surface area contributed by atoms with Crippen LogP contribution in [-0.4, -0.2) is 50.5 Å². The van der Waals surface area contributed by atoms with Crippen molar-refractivity contribution in [3.05, 3.63) is 29.3 Å². The Morgan fingerprint density at radius 3 is 2.24 bits per heavy atom. The lowest BCUT2D eigenvalue weighted by Gasteiger charge is -2.56. The van der Waals surface area contributed by atoms with Crippen LogP contribution >= 0.6 is 23.4 Å². The summed E-state index contributed by atoms with van der Waals surface area (Å²) in [5.74, 6) is 1.58. The highest BCUT2D eigenvalue weighted by molar-refractivity contribution is 7.98. The highest BCUT2D eigenvalue weighted by Crippen LogP contribution is 2.55. The molecule has 4 saturated carbocycles. The molecule has 0 unspecified atom stereocenters. The van der Waals surface area contributed by atoms with Gasteiger partial charge in [0.15, 0.2) is 6.61 Å². The lowest BCUT2D eigenvalue weighted by molar-refractivity contribution is -0.151. The normalized spacial score (nSPS) is 29.0. The number of benzene rings is 1. The van der Waals surface area contributed by atoms with Crippen LogP contribution in [0.1, 0.15) is 44.9 Å². The van der Waals surface area contributed by atoms with Crippen molar-refractivity contribution in [2.45, 2.75) is 61.4 Å². The SMILES string of the molecule is CSCC[C@@H](NS(=O)(=O)c1ccc(Cl)cc1)C(=O)OCC(=O)NC12CC3CC(CC(C3)C1)C2. The summed E-state index contributed by atoms with van der Waals surface area (Å²) in [6.07, 6.45) is 8.97. The van der Waals surface area contributed by atoms with Crippen molar-refractivity contribution in [2.24, 2.45) is 17.8 Å². The number of rotatable bonds is 10. The van der Waals surface area contributed by atoms with Gasteiger partial charge in [-0.05, 0) is 99.0 Å². The fourth-order valence-electron chi connectivity index (χ4n) is 6.16. The van der Waals surface area contributed by atoms with Gasteiger partial charge in [0, 0.05) is 10.6 Å². The predicted molar refractivity (Wildman–Crippen MR) is 129 cm³/mol. The quantitative estimate of drug-likeness (QED) is 0.464. The number of hydrogen-bond acceptors (Lipinski definition) is 6. The van der Waals surface area contributed by atoms with Crippen LogP contribution in [0.2, 0.25) is 5.02 Å². The number of halogens is 1. The molecule has 4 aliphatic carbocycles. The third-order valence-corrected chi connectivity index (χ3v) is 9.49. The van der Waals surface area contributed by atoms with Gasteiger partial charge in [0.25, 0.3) is 5.91 Å². The molecule has 1 amide bonds. The van der Waals surface area contributed by atoms with Gasteiger partial charge >= 0.3 is 5.97 Å². The second kappa shape index (κ2) is 10.1. The lowest BCUT2D eigenvalue weighted by Crippen LogP contribution is -2.60. The molecule has 0 spiro atoms. The molecule has 0 heterocycles. The van der Waals surface area contributed by atoms with Gasteiger partial charge in [-0.1, -0.05) is 11.6 Å². The van der Waals surface area contributed by atoms with Crippen molar-refractivity contribution in [3.8, 4) is 0 Å². The number of hydrogen-bond donors (Lipinski definition) is 2. The number of nitrogens with one attached hydrogen (secondary N) is 2. The summed E-state index contributed by atoms with van der Waals surface area (Å²) in [5.41, 5.74) is -0.160. The third-order valence-electron chi connectivity index (χ3n) is 7.10. The van der Waals surface area contributed by atoms with E-state index in [0.29, 0.717) is 28.5 Å². The molecule has 4 aliphatic rings. The van der Waals surface area contributed by atoms with Crippen molar-refractivity contribution in [3.63, 3.8) is 0 Å². The zero-order valence-corrected chi connectivity index (χ0v) is 21.1. The van der Waals surface area contributed by atoms with Crippen molar-refractivity contribution < 1.29 is 22.7 Å². The minimum atomic E-state index is -3.95. The van der Waals surface area contributed by atoms with Gasteiger partial charge in [0.2, 0.25) is 10.0 Å². The number of esters is 1. The van der Waals surface area contributed by atoms with Gasteiger partial charge in [0.05, 0.1) is 4.90 Å². The van der Waals surface area contributed by atoms with Crippen molar-refractivity contribution in [1.29, 1.82) is 0 Å². The van der Waals surface area contributed by atoms with Gasteiger partial charge in [-0.3, -0.25) is 9.59 Å². The summed E-state index contributed by atoms with van der Waals surface area (Å²) in [5, 5.41) is 3.58. The summed E-state index contributed by atoms with van der Waals surface area (Å²) < 4.78 is 33.1. The van der Waals surface area contributed by atoms with E-state index in [4.69, 9.17) is 16.3 Å². The first-order chi connectivity index (χ1) is 15.7. The maximum absolute atomic E-state index is 12.7. The summed E-state index contributed by atoms with van der Waals surface area (Å²) in [7, 11) is -3.95. The minimum absolute atomic E-state index is 0.00779. The van der Waals surface area contributed by atoms with E-state index in [1.54, 1.807) is 0 Å². The van der Waals surface area contributed by atoms with Crippen LogP contribution in [0.15, 0.2) is 29.2 Å². The van der Waals surface area contributed by atoms with E-state index in [1.807, 2.05) is 6.26 Å². The Bertz CT molecular complexity index is 948. The van der Waals surface area contributed by atoms with Gasteiger partial charge < -0.3 is 10.1 Å². The molecule has 182 valence electrons. The molecule has 0 aliphatic heterocycles. The molecule has 1 atom stereocenters. The molecule has 0 aromatic heterocycles. The van der Waals surface area contributed by atoms with Gasteiger partial charge in [0.1, 0.15) is 6.04 Å². The second-order valence-corrected chi connectivity index (χ2v) is 12.9. The van der Waals surface area contributed by atoms with E-state index in [2.05, 4.69) is 10.0 Å². The minimum Gasteiger partial charge on any atom is -0.454 e. The van der Waals surface area contributed by atoms with Gasteiger partial charge in [-0.15, -0.1) is 0 Å². The number of ether oxygens (including phenoxy) is 1. The summed E-state index contributed by atoms with van der Waals surface area (Å²) in [6, 6.07) is 4.62. The second-order valence-electron chi connectivity index (χ2n) is 9.76. The molecular weight excluding hydrogens is 484 g/mol. The molecular formula is C23H31ClN2O5S2. The van der Waals surface area contributed by atoms with Crippen LogP contribution in [0.25, 0.3) is 0 Å². The number of sulfonamides is 1. The lowest BCUT2D eigenvalue weighted by atomic mass is 9.53. The molecule has 33 heavy (non-hydrogen) atoms. The van der Waals surface area contributed by atoms with Crippen molar-refractivity contribution in [1.82, 2.24) is 10.0 Å². The summed E-state index contributed by atoms with van der Waals surface area (Å²) in [4.78, 5) is 25.4. The number of carbonyl (C=O) groups is 2. The average Bonchev–Trinajstić information content (AvgIpc) is 2.74. The summed E-state index contributed by atoms with van der Waals surface area (Å²) in [6.45, 7) is -0.404. The van der Waals surface area contributed by atoms with Crippen molar-refractivity contribution >= 4 is 45.3 Å². The van der Waals surface area contributed by atoms with Crippen LogP contribution in [0.3, 0.4) is 0 Å². The van der Waals surface area contributed by atoms with Crippen LogP contribution < -0.4 is 10.0 Å². The molecule has 7 nitrogen and oxygen atoms in total. The molecule has 2 N–H and O–H groups in total. The Kier molecular flexibility index (Phi) is 7.63. The van der Waals surface area contributed by atoms with E-state index < -0.39 is 28.6 Å². The standard InChI is InChI=1S/C23H31ClN2O5S2/c1-32-7-6-20(26-33(29,30)19-4-2-18(24)3-5-19)22(28)31-14-21(27)25-23-11-15-8-16(12-23)10-17(9-15)13-23/h2-5,15-17,20,26H,6-14H2,1H3,(H,25,27)/t15?,16?,17?,20-,23?/m1/s1. The molecule has 10 heteroatoms. The zero-order chi connectivity index (χ0) is 23.6. The Morgan fingerprint density at radius 2 is 1.70 bits per heavy atom. The number of amides is 1. The highest BCUT2D eigenvalue weighted by atomic mass is 35.5. The molecule has 4 fully saturated rings. The van der Waals surface area contributed by atoms with E-state index >= 15 is 0 Å². The molecule has 0 radical (unpaired) electrons. The maximum atomic E-state index is 12.7. The van der Waals surface area contributed by atoms with Crippen LogP contribution in [0.4, 0.5) is 0 Å². The Labute approximate surface area is 204 Å². The first-order valence-corrected chi connectivity index (χ1v) is 14.7. The number of thioether (sulfide) groups is 1. The Hall–Kier alpha value is -1.29. The first-order valence-electron chi connectivity index (χ1n) is 11.4. The Balaban J connectivity index is 1.34. The fraction of sp³-hybridized carbons (Fsp3) is 0.652. The van der Waals surface area contributed by atoms with Gasteiger partial charge in [-0.25, -0.2) is 8.42 Å². The highest BCUT2D eigenvalue weighted by Gasteiger charge is 2.51. The molecule has 0 saturated heterocycles. The molecule has 4 bridgehead atoms. The maximum Gasteiger partial charge on any atom is 0.324 e. The molecule has 1 aromatic carbocycles. The van der Waals surface area contributed by atoms with Crippen LogP contribution in [-0.2, 0) is 24.3 Å². The van der Waals surface area contributed by atoms with E-state index in [1.165, 1.54) is 55.3 Å². The fourth-order valence-corrected chi connectivity index (χ4v) is 7.98. The average molecular weight is 515 g/mol.